The second-order valence-corrected chi connectivity index (χ2v) is 7.03. The molecule has 0 saturated heterocycles. The summed E-state index contributed by atoms with van der Waals surface area (Å²) in [5.74, 6) is -0.938. The Balaban J connectivity index is 4.05. The molecule has 7 heteroatoms. The number of hydrogen-bond acceptors (Lipinski definition) is 4. The van der Waals surface area contributed by atoms with Gasteiger partial charge in [0.15, 0.2) is 0 Å². The largest absolute Gasteiger partial charge is 0.233 e. The molecule has 0 spiro atoms. The van der Waals surface area contributed by atoms with Crippen LogP contribution < -0.4 is 0 Å². The smallest absolute Gasteiger partial charge is 0.229 e. The number of halogens is 1. The Morgan fingerprint density at radius 1 is 1.10 bits per heavy atom. The highest BCUT2D eigenvalue weighted by molar-refractivity contribution is 8.14. The van der Waals surface area contributed by atoms with Gasteiger partial charge in [-0.15, -0.1) is 0 Å². The quantitative estimate of drug-likeness (QED) is 0.590. The maximum Gasteiger partial charge on any atom is 0.233 e. The maximum absolute atomic E-state index is 10.4. The van der Waals surface area contributed by atoms with Crippen molar-refractivity contribution >= 4 is 29.6 Å². The van der Waals surface area contributed by atoms with Crippen LogP contribution >= 0.6 is 10.7 Å². The van der Waals surface area contributed by atoms with Crippen molar-refractivity contribution in [1.82, 2.24) is 0 Å². The molecule has 0 aliphatic heterocycles. The lowest BCUT2D eigenvalue weighted by atomic mass is 11.0. The Bertz CT molecular complexity index is 254. The molecule has 0 N–H and O–H groups in total. The van der Waals surface area contributed by atoms with Gasteiger partial charge in [0.05, 0.1) is 11.5 Å². The zero-order valence-corrected chi connectivity index (χ0v) is 7.63. The maximum atomic E-state index is 10.4. The molecule has 0 saturated carbocycles. The minimum absolute atomic E-state index is 0.418. The van der Waals surface area contributed by atoms with Crippen LogP contribution in [0.15, 0.2) is 0 Å². The fraction of sp³-hybridized carbons (Fsp3) is 1.00. The predicted molar refractivity (Wildman–Crippen MR) is 39.4 cm³/mol. The average molecular weight is 207 g/mol. The van der Waals surface area contributed by atoms with E-state index in [9.17, 15) is 16.8 Å². The summed E-state index contributed by atoms with van der Waals surface area (Å²) < 4.78 is 41.1. The van der Waals surface area contributed by atoms with Gasteiger partial charge in [0.25, 0.3) is 0 Å². The Kier molecular flexibility index (Phi) is 3.12. The van der Waals surface area contributed by atoms with E-state index in [2.05, 4.69) is 0 Å². The van der Waals surface area contributed by atoms with Gasteiger partial charge in [-0.3, -0.25) is 0 Å². The highest BCUT2D eigenvalue weighted by Crippen LogP contribution is 1.97. The second-order valence-electron chi connectivity index (χ2n) is 1.87. The first kappa shape index (κ1) is 10.2. The molecule has 0 rings (SSSR count). The Morgan fingerprint density at radius 3 is 1.60 bits per heavy atom. The highest BCUT2D eigenvalue weighted by Gasteiger charge is 2.10. The molecule has 0 aliphatic carbocycles. The van der Waals surface area contributed by atoms with Crippen molar-refractivity contribution in [1.29, 1.82) is 0 Å². The third-order valence-corrected chi connectivity index (χ3v) is 3.06. The molecule has 0 aromatic carbocycles. The third-order valence-electron chi connectivity index (χ3n) is 0.698. The fourth-order valence-electron chi connectivity index (χ4n) is 0.251. The zero-order chi connectivity index (χ0) is 8.41. The fourth-order valence-corrected chi connectivity index (χ4v) is 2.83. The summed E-state index contributed by atoms with van der Waals surface area (Å²) in [7, 11) is -2.14. The summed E-state index contributed by atoms with van der Waals surface area (Å²) in [6, 6.07) is 0. The van der Waals surface area contributed by atoms with E-state index in [4.69, 9.17) is 10.7 Å². The van der Waals surface area contributed by atoms with Crippen molar-refractivity contribution in [2.45, 2.75) is 0 Å². The van der Waals surface area contributed by atoms with Crippen molar-refractivity contribution < 1.29 is 16.8 Å². The number of rotatable bonds is 3. The summed E-state index contributed by atoms with van der Waals surface area (Å²) in [5, 5.41) is 0. The lowest BCUT2D eigenvalue weighted by molar-refractivity contribution is 0.597. The minimum atomic E-state index is -3.66. The summed E-state index contributed by atoms with van der Waals surface area (Å²) in [6.07, 6.45) is 0.953. The van der Waals surface area contributed by atoms with E-state index in [1.165, 1.54) is 0 Å². The zero-order valence-electron chi connectivity index (χ0n) is 5.24. The van der Waals surface area contributed by atoms with Crippen molar-refractivity contribution in [2.24, 2.45) is 0 Å². The van der Waals surface area contributed by atoms with Gasteiger partial charge in [-0.05, 0) is 0 Å². The standard InChI is InChI=1S/C3H7ClO4S2/c1-9(5,6)2-3-10(4,7)8/h2-3H2,1H3. The molecule has 0 fully saturated rings. The SMILES string of the molecule is CS(=O)(=O)CCS(=O)(=O)Cl. The van der Waals surface area contributed by atoms with Crippen molar-refractivity contribution in [3.63, 3.8) is 0 Å². The van der Waals surface area contributed by atoms with Gasteiger partial charge in [-0.25, -0.2) is 16.8 Å². The van der Waals surface area contributed by atoms with Crippen LogP contribution in [0.1, 0.15) is 0 Å². The van der Waals surface area contributed by atoms with Crippen LogP contribution in [0.5, 0.6) is 0 Å². The van der Waals surface area contributed by atoms with Gasteiger partial charge in [-0.1, -0.05) is 0 Å². The van der Waals surface area contributed by atoms with Crippen LogP contribution in [-0.2, 0) is 18.9 Å². The van der Waals surface area contributed by atoms with Gasteiger partial charge in [-0.2, -0.15) is 0 Å². The van der Waals surface area contributed by atoms with Crippen molar-refractivity contribution in [3.05, 3.63) is 0 Å². The Hall–Kier alpha value is 0.190. The summed E-state index contributed by atoms with van der Waals surface area (Å²) in [6.45, 7) is 0. The monoisotopic (exact) mass is 206 g/mol. The first-order valence-corrected chi connectivity index (χ1v) is 6.85. The van der Waals surface area contributed by atoms with E-state index < -0.39 is 30.4 Å². The molecular weight excluding hydrogens is 200 g/mol. The normalized spacial score (nSPS) is 13.4. The van der Waals surface area contributed by atoms with E-state index in [0.717, 1.165) is 6.26 Å². The Morgan fingerprint density at radius 2 is 1.50 bits per heavy atom. The van der Waals surface area contributed by atoms with Gasteiger partial charge < -0.3 is 0 Å². The lowest BCUT2D eigenvalue weighted by Crippen LogP contribution is -2.11. The molecule has 0 amide bonds. The lowest BCUT2D eigenvalue weighted by Gasteiger charge is -1.92. The molecule has 0 heterocycles. The molecule has 0 bridgehead atoms. The highest BCUT2D eigenvalue weighted by atomic mass is 35.7. The van der Waals surface area contributed by atoms with Gasteiger partial charge in [0, 0.05) is 16.9 Å². The van der Waals surface area contributed by atoms with Gasteiger partial charge >= 0.3 is 0 Å². The molecule has 10 heavy (non-hydrogen) atoms. The third kappa shape index (κ3) is 8.19. The summed E-state index contributed by atoms with van der Waals surface area (Å²) in [4.78, 5) is 0. The first-order valence-electron chi connectivity index (χ1n) is 2.31. The molecule has 0 aliphatic rings. The van der Waals surface area contributed by atoms with Crippen LogP contribution in [0.25, 0.3) is 0 Å². The van der Waals surface area contributed by atoms with Crippen molar-refractivity contribution in [2.75, 3.05) is 17.8 Å². The first-order chi connectivity index (χ1) is 4.21. The van der Waals surface area contributed by atoms with Crippen LogP contribution in [-0.4, -0.2) is 34.6 Å². The van der Waals surface area contributed by atoms with Crippen LogP contribution in [0.2, 0.25) is 0 Å². The molecule has 4 nitrogen and oxygen atoms in total. The molecule has 0 atom stereocenters. The van der Waals surface area contributed by atoms with Gasteiger partial charge in [0.2, 0.25) is 9.05 Å². The van der Waals surface area contributed by atoms with E-state index >= 15 is 0 Å². The summed E-state index contributed by atoms with van der Waals surface area (Å²) >= 11 is 0. The molecule has 62 valence electrons. The van der Waals surface area contributed by atoms with Crippen LogP contribution in [0.3, 0.4) is 0 Å². The molecule has 0 radical (unpaired) electrons. The number of sulfone groups is 1. The van der Waals surface area contributed by atoms with Crippen molar-refractivity contribution in [3.8, 4) is 0 Å². The second kappa shape index (κ2) is 3.06. The van der Waals surface area contributed by atoms with E-state index in [0.29, 0.717) is 0 Å². The average Bonchev–Trinajstić information content (AvgIpc) is 1.57. The molecule has 0 aromatic rings. The number of hydrogen-bond donors (Lipinski definition) is 0. The molecule has 0 aromatic heterocycles. The topological polar surface area (TPSA) is 68.3 Å². The van der Waals surface area contributed by atoms with Gasteiger partial charge in [0.1, 0.15) is 9.84 Å². The Labute approximate surface area is 64.5 Å². The molecular formula is C3H7ClO4S2. The van der Waals surface area contributed by atoms with Crippen LogP contribution in [0, 0.1) is 0 Å². The predicted octanol–water partition coefficient (Wildman–Crippen LogP) is -0.400. The van der Waals surface area contributed by atoms with E-state index in [1.54, 1.807) is 0 Å². The van der Waals surface area contributed by atoms with E-state index in [1.807, 2.05) is 0 Å². The molecule has 0 unspecified atom stereocenters. The van der Waals surface area contributed by atoms with Crippen LogP contribution in [0.4, 0.5) is 0 Å². The summed E-state index contributed by atoms with van der Waals surface area (Å²) in [5.41, 5.74) is 0. The van der Waals surface area contributed by atoms with E-state index in [-0.39, 0.29) is 0 Å². The minimum Gasteiger partial charge on any atom is -0.229 e.